The van der Waals surface area contributed by atoms with Gasteiger partial charge in [-0.2, -0.15) is 0 Å². The van der Waals surface area contributed by atoms with Crippen molar-refractivity contribution < 1.29 is 4.79 Å². The zero-order valence-corrected chi connectivity index (χ0v) is 11.1. The van der Waals surface area contributed by atoms with Gasteiger partial charge in [-0.1, -0.05) is 32.6 Å². The van der Waals surface area contributed by atoms with Crippen LogP contribution in [0.4, 0.5) is 0 Å². The van der Waals surface area contributed by atoms with Gasteiger partial charge in [-0.15, -0.1) is 0 Å². The second-order valence-corrected chi connectivity index (χ2v) is 5.23. The molecule has 0 saturated heterocycles. The SMILES string of the molecule is CCCN(CC(N)=O)C1(CN)CCCCCC1. The van der Waals surface area contributed by atoms with Crippen LogP contribution in [0.25, 0.3) is 0 Å². The lowest BCUT2D eigenvalue weighted by molar-refractivity contribution is -0.121. The van der Waals surface area contributed by atoms with Crippen molar-refractivity contribution in [2.24, 2.45) is 11.5 Å². The number of amides is 1. The zero-order valence-electron chi connectivity index (χ0n) is 11.1. The predicted octanol–water partition coefficient (Wildman–Crippen LogP) is 1.24. The maximum atomic E-state index is 11.2. The average Bonchev–Trinajstić information content (AvgIpc) is 2.54. The fraction of sp³-hybridized carbons (Fsp3) is 0.923. The molecule has 1 rings (SSSR count). The molecular weight excluding hydrogens is 214 g/mol. The van der Waals surface area contributed by atoms with E-state index in [-0.39, 0.29) is 11.4 Å². The first-order valence-corrected chi connectivity index (χ1v) is 6.88. The summed E-state index contributed by atoms with van der Waals surface area (Å²) < 4.78 is 0. The molecule has 0 atom stereocenters. The van der Waals surface area contributed by atoms with E-state index in [1.54, 1.807) is 0 Å². The van der Waals surface area contributed by atoms with Crippen LogP contribution >= 0.6 is 0 Å². The van der Waals surface area contributed by atoms with Gasteiger partial charge in [0.25, 0.3) is 0 Å². The summed E-state index contributed by atoms with van der Waals surface area (Å²) in [6, 6.07) is 0. The van der Waals surface area contributed by atoms with Gasteiger partial charge < -0.3 is 11.5 Å². The molecule has 0 radical (unpaired) electrons. The molecule has 0 aromatic heterocycles. The van der Waals surface area contributed by atoms with Crippen LogP contribution in [0, 0.1) is 0 Å². The summed E-state index contributed by atoms with van der Waals surface area (Å²) in [6.07, 6.45) is 8.27. The van der Waals surface area contributed by atoms with Gasteiger partial charge in [0, 0.05) is 12.1 Å². The number of nitrogens with zero attached hydrogens (tertiary/aromatic N) is 1. The first-order valence-electron chi connectivity index (χ1n) is 6.88. The van der Waals surface area contributed by atoms with E-state index in [0.29, 0.717) is 13.1 Å². The van der Waals surface area contributed by atoms with Crippen LogP contribution in [-0.2, 0) is 4.79 Å². The molecule has 17 heavy (non-hydrogen) atoms. The Bertz CT molecular complexity index is 235. The minimum atomic E-state index is -0.240. The van der Waals surface area contributed by atoms with Crippen molar-refractivity contribution in [2.45, 2.75) is 57.4 Å². The topological polar surface area (TPSA) is 72.3 Å². The summed E-state index contributed by atoms with van der Waals surface area (Å²) >= 11 is 0. The zero-order chi connectivity index (χ0) is 12.7. The van der Waals surface area contributed by atoms with E-state index in [4.69, 9.17) is 11.5 Å². The van der Waals surface area contributed by atoms with Crippen LogP contribution in [0.15, 0.2) is 0 Å². The first-order chi connectivity index (χ1) is 8.14. The van der Waals surface area contributed by atoms with Crippen molar-refractivity contribution in [3.05, 3.63) is 0 Å². The third-order valence-corrected chi connectivity index (χ3v) is 3.93. The fourth-order valence-electron chi connectivity index (χ4n) is 2.98. The maximum absolute atomic E-state index is 11.2. The summed E-state index contributed by atoms with van der Waals surface area (Å²) in [4.78, 5) is 13.4. The van der Waals surface area contributed by atoms with Crippen LogP contribution in [0.5, 0.6) is 0 Å². The van der Waals surface area contributed by atoms with Crippen LogP contribution in [0.2, 0.25) is 0 Å². The molecule has 0 heterocycles. The molecule has 1 amide bonds. The summed E-state index contributed by atoms with van der Waals surface area (Å²) in [7, 11) is 0. The number of carbonyl (C=O) groups excluding carboxylic acids is 1. The normalized spacial score (nSPS) is 20.2. The fourth-order valence-corrected chi connectivity index (χ4v) is 2.98. The van der Waals surface area contributed by atoms with Crippen molar-refractivity contribution in [3.8, 4) is 0 Å². The Morgan fingerprint density at radius 1 is 1.24 bits per heavy atom. The quantitative estimate of drug-likeness (QED) is 0.687. The van der Waals surface area contributed by atoms with E-state index < -0.39 is 0 Å². The molecule has 100 valence electrons. The number of carbonyl (C=O) groups is 1. The molecule has 4 heteroatoms. The molecule has 0 bridgehead atoms. The van der Waals surface area contributed by atoms with Gasteiger partial charge in [-0.25, -0.2) is 0 Å². The third-order valence-electron chi connectivity index (χ3n) is 3.93. The smallest absolute Gasteiger partial charge is 0.231 e. The van der Waals surface area contributed by atoms with Gasteiger partial charge in [0.2, 0.25) is 5.91 Å². The number of hydrogen-bond acceptors (Lipinski definition) is 3. The van der Waals surface area contributed by atoms with Gasteiger partial charge in [-0.3, -0.25) is 9.69 Å². The summed E-state index contributed by atoms with van der Waals surface area (Å²) in [5, 5.41) is 0. The Morgan fingerprint density at radius 2 is 1.82 bits per heavy atom. The van der Waals surface area contributed by atoms with Crippen molar-refractivity contribution in [2.75, 3.05) is 19.6 Å². The third kappa shape index (κ3) is 3.96. The van der Waals surface area contributed by atoms with Crippen LogP contribution in [0.3, 0.4) is 0 Å². The summed E-state index contributed by atoms with van der Waals surface area (Å²) in [6.45, 7) is 4.04. The summed E-state index contributed by atoms with van der Waals surface area (Å²) in [5.74, 6) is -0.240. The predicted molar refractivity (Wildman–Crippen MR) is 70.5 cm³/mol. The Hall–Kier alpha value is -0.610. The number of primary amides is 1. The Labute approximate surface area is 105 Å². The molecule has 4 nitrogen and oxygen atoms in total. The maximum Gasteiger partial charge on any atom is 0.231 e. The Morgan fingerprint density at radius 3 is 2.24 bits per heavy atom. The van der Waals surface area contributed by atoms with E-state index in [0.717, 1.165) is 25.8 Å². The van der Waals surface area contributed by atoms with Crippen LogP contribution in [-0.4, -0.2) is 36.0 Å². The van der Waals surface area contributed by atoms with E-state index in [1.807, 2.05) is 0 Å². The molecule has 1 saturated carbocycles. The lowest BCUT2D eigenvalue weighted by Gasteiger charge is -2.42. The standard InChI is InChI=1S/C13H27N3O/c1-2-9-16(10-12(15)17)13(11-14)7-5-3-4-6-8-13/h2-11,14H2,1H3,(H2,15,17). The lowest BCUT2D eigenvalue weighted by Crippen LogP contribution is -2.56. The number of rotatable bonds is 6. The minimum Gasteiger partial charge on any atom is -0.369 e. The highest BCUT2D eigenvalue weighted by molar-refractivity contribution is 5.76. The highest BCUT2D eigenvalue weighted by Crippen LogP contribution is 2.31. The molecule has 4 N–H and O–H groups in total. The molecule has 1 aliphatic carbocycles. The molecule has 0 aliphatic heterocycles. The van der Waals surface area contributed by atoms with Crippen molar-refractivity contribution in [1.82, 2.24) is 4.90 Å². The van der Waals surface area contributed by atoms with Gasteiger partial charge in [0.15, 0.2) is 0 Å². The minimum absolute atomic E-state index is 0.0154. The molecule has 1 fully saturated rings. The molecule has 0 unspecified atom stereocenters. The van der Waals surface area contributed by atoms with Gasteiger partial charge in [0.05, 0.1) is 6.54 Å². The van der Waals surface area contributed by atoms with E-state index in [2.05, 4.69) is 11.8 Å². The second-order valence-electron chi connectivity index (χ2n) is 5.23. The average molecular weight is 241 g/mol. The molecule has 0 spiro atoms. The van der Waals surface area contributed by atoms with Crippen molar-refractivity contribution in [1.29, 1.82) is 0 Å². The number of nitrogens with two attached hydrogens (primary N) is 2. The highest BCUT2D eigenvalue weighted by Gasteiger charge is 2.35. The Balaban J connectivity index is 2.79. The second kappa shape index (κ2) is 6.97. The van der Waals surface area contributed by atoms with Crippen LogP contribution < -0.4 is 11.5 Å². The van der Waals surface area contributed by atoms with Crippen molar-refractivity contribution in [3.63, 3.8) is 0 Å². The van der Waals surface area contributed by atoms with Gasteiger partial charge >= 0.3 is 0 Å². The highest BCUT2D eigenvalue weighted by atomic mass is 16.1. The first kappa shape index (κ1) is 14.5. The largest absolute Gasteiger partial charge is 0.369 e. The van der Waals surface area contributed by atoms with Crippen LogP contribution in [0.1, 0.15) is 51.9 Å². The van der Waals surface area contributed by atoms with Gasteiger partial charge in [-0.05, 0) is 25.8 Å². The van der Waals surface area contributed by atoms with E-state index >= 15 is 0 Å². The monoisotopic (exact) mass is 241 g/mol. The van der Waals surface area contributed by atoms with Gasteiger partial charge in [0.1, 0.15) is 0 Å². The summed E-state index contributed by atoms with van der Waals surface area (Å²) in [5.41, 5.74) is 11.4. The van der Waals surface area contributed by atoms with E-state index in [9.17, 15) is 4.79 Å². The molecule has 1 aliphatic rings. The van der Waals surface area contributed by atoms with E-state index in [1.165, 1.54) is 25.7 Å². The van der Waals surface area contributed by atoms with Crippen molar-refractivity contribution >= 4 is 5.91 Å². The number of hydrogen-bond donors (Lipinski definition) is 2. The molecular formula is C13H27N3O. The lowest BCUT2D eigenvalue weighted by atomic mass is 9.87. The molecule has 0 aromatic rings. The Kier molecular flexibility index (Phi) is 5.92. The molecule has 0 aromatic carbocycles.